The molecule has 0 spiro atoms. The Bertz CT molecular complexity index is 703. The molecular formula is C16H20ClN5O. The molecule has 23 heavy (non-hydrogen) atoms. The van der Waals surface area contributed by atoms with E-state index in [0.29, 0.717) is 23.3 Å². The van der Waals surface area contributed by atoms with Crippen molar-refractivity contribution in [1.82, 2.24) is 4.98 Å². The Morgan fingerprint density at radius 1 is 1.39 bits per heavy atom. The molecule has 122 valence electrons. The first-order valence-electron chi connectivity index (χ1n) is 7.03. The monoisotopic (exact) mass is 333 g/mol. The zero-order valence-electron chi connectivity index (χ0n) is 13.4. The van der Waals surface area contributed by atoms with E-state index in [9.17, 15) is 0 Å². The van der Waals surface area contributed by atoms with Crippen molar-refractivity contribution in [1.29, 1.82) is 0 Å². The van der Waals surface area contributed by atoms with Crippen LogP contribution < -0.4 is 20.7 Å². The highest BCUT2D eigenvalue weighted by Gasteiger charge is 2.05. The van der Waals surface area contributed by atoms with Gasteiger partial charge in [-0.1, -0.05) is 17.7 Å². The number of aliphatic imine (C=N–C) groups is 1. The number of nitrogens with zero attached hydrogens (tertiary/aromatic N) is 3. The smallest absolute Gasteiger partial charge is 0.193 e. The van der Waals surface area contributed by atoms with Gasteiger partial charge in [-0.2, -0.15) is 0 Å². The summed E-state index contributed by atoms with van der Waals surface area (Å²) < 4.78 is 5.11. The molecular weight excluding hydrogens is 314 g/mol. The molecule has 0 unspecified atom stereocenters. The van der Waals surface area contributed by atoms with Crippen molar-refractivity contribution < 1.29 is 4.74 Å². The maximum Gasteiger partial charge on any atom is 0.193 e. The Kier molecular flexibility index (Phi) is 5.65. The van der Waals surface area contributed by atoms with E-state index in [4.69, 9.17) is 22.1 Å². The third-order valence-electron chi connectivity index (χ3n) is 3.14. The van der Waals surface area contributed by atoms with Gasteiger partial charge in [-0.15, -0.1) is 0 Å². The number of hydrogen-bond donors (Lipinski definition) is 2. The summed E-state index contributed by atoms with van der Waals surface area (Å²) in [5.41, 5.74) is 7.67. The van der Waals surface area contributed by atoms with Crippen molar-refractivity contribution in [3.8, 4) is 5.75 Å². The summed E-state index contributed by atoms with van der Waals surface area (Å²) >= 11 is 6.08. The summed E-state index contributed by atoms with van der Waals surface area (Å²) in [6, 6.07) is 9.18. The molecule has 0 saturated carbocycles. The number of nitrogens with two attached hydrogens (primary N) is 1. The van der Waals surface area contributed by atoms with Gasteiger partial charge in [0, 0.05) is 31.5 Å². The lowest BCUT2D eigenvalue weighted by atomic mass is 10.2. The van der Waals surface area contributed by atoms with Gasteiger partial charge in [-0.05, 0) is 24.3 Å². The van der Waals surface area contributed by atoms with Crippen molar-refractivity contribution in [2.24, 2.45) is 10.7 Å². The van der Waals surface area contributed by atoms with Gasteiger partial charge in [0.1, 0.15) is 11.6 Å². The molecule has 2 aromatic rings. The van der Waals surface area contributed by atoms with E-state index >= 15 is 0 Å². The van der Waals surface area contributed by atoms with Gasteiger partial charge in [0.15, 0.2) is 5.96 Å². The molecule has 1 aromatic heterocycles. The Balaban J connectivity index is 2.08. The Labute approximate surface area is 140 Å². The lowest BCUT2D eigenvalue weighted by Gasteiger charge is -2.14. The van der Waals surface area contributed by atoms with E-state index in [-0.39, 0.29) is 0 Å². The molecule has 0 aliphatic carbocycles. The number of halogens is 1. The van der Waals surface area contributed by atoms with Crippen LogP contribution in [0.15, 0.2) is 41.5 Å². The van der Waals surface area contributed by atoms with Gasteiger partial charge in [0.2, 0.25) is 0 Å². The first-order valence-corrected chi connectivity index (χ1v) is 7.40. The maximum absolute atomic E-state index is 6.08. The second-order valence-corrected chi connectivity index (χ2v) is 5.46. The van der Waals surface area contributed by atoms with Crippen LogP contribution in [0, 0.1) is 0 Å². The molecule has 1 heterocycles. The average Bonchev–Trinajstić information content (AvgIpc) is 2.53. The molecule has 0 atom stereocenters. The maximum atomic E-state index is 6.08. The van der Waals surface area contributed by atoms with E-state index in [0.717, 1.165) is 17.1 Å². The van der Waals surface area contributed by atoms with Crippen molar-refractivity contribution in [2.75, 3.05) is 31.4 Å². The van der Waals surface area contributed by atoms with E-state index < -0.39 is 0 Å². The summed E-state index contributed by atoms with van der Waals surface area (Å²) in [6.07, 6.45) is 1.75. The van der Waals surface area contributed by atoms with Gasteiger partial charge >= 0.3 is 0 Å². The number of nitrogens with one attached hydrogen (secondary N) is 1. The highest BCUT2D eigenvalue weighted by molar-refractivity contribution is 6.32. The molecule has 0 fully saturated rings. The fourth-order valence-corrected chi connectivity index (χ4v) is 2.32. The van der Waals surface area contributed by atoms with Crippen LogP contribution >= 0.6 is 11.6 Å². The minimum Gasteiger partial charge on any atom is -0.495 e. The molecule has 0 bridgehead atoms. The van der Waals surface area contributed by atoms with Crippen LogP contribution in [0.25, 0.3) is 0 Å². The van der Waals surface area contributed by atoms with Gasteiger partial charge in [-0.25, -0.2) is 9.98 Å². The average molecular weight is 334 g/mol. The predicted molar refractivity (Wildman–Crippen MR) is 95.5 cm³/mol. The quantitative estimate of drug-likeness (QED) is 0.650. The first-order chi connectivity index (χ1) is 11.0. The molecule has 7 heteroatoms. The highest BCUT2D eigenvalue weighted by atomic mass is 35.5. The van der Waals surface area contributed by atoms with Crippen LogP contribution in [0.1, 0.15) is 5.56 Å². The van der Waals surface area contributed by atoms with E-state index in [1.54, 1.807) is 25.4 Å². The Morgan fingerprint density at radius 2 is 2.17 bits per heavy atom. The van der Waals surface area contributed by atoms with Gasteiger partial charge in [0.05, 0.1) is 18.7 Å². The molecule has 0 radical (unpaired) electrons. The largest absolute Gasteiger partial charge is 0.495 e. The minimum atomic E-state index is 0.305. The minimum absolute atomic E-state index is 0.305. The molecule has 0 aliphatic rings. The zero-order chi connectivity index (χ0) is 16.8. The van der Waals surface area contributed by atoms with Gasteiger partial charge in [0.25, 0.3) is 0 Å². The highest BCUT2D eigenvalue weighted by Crippen LogP contribution is 2.27. The van der Waals surface area contributed by atoms with Crippen LogP contribution in [0.4, 0.5) is 11.5 Å². The number of guanidine groups is 1. The molecule has 0 amide bonds. The van der Waals surface area contributed by atoms with Crippen molar-refractivity contribution in [2.45, 2.75) is 6.54 Å². The SMILES string of the molecule is COc1ccc(NC(N)=NCc2cccnc2N(C)C)cc1Cl. The molecule has 6 nitrogen and oxygen atoms in total. The number of hydrogen-bond acceptors (Lipinski definition) is 4. The molecule has 0 aliphatic heterocycles. The predicted octanol–water partition coefficient (Wildman–Crippen LogP) is 2.74. The zero-order valence-corrected chi connectivity index (χ0v) is 14.1. The van der Waals surface area contributed by atoms with Crippen LogP contribution in [-0.4, -0.2) is 32.1 Å². The van der Waals surface area contributed by atoms with E-state index in [1.807, 2.05) is 37.2 Å². The number of methoxy groups -OCH3 is 1. The van der Waals surface area contributed by atoms with E-state index in [1.165, 1.54) is 0 Å². The summed E-state index contributed by atoms with van der Waals surface area (Å²) in [7, 11) is 5.45. The summed E-state index contributed by atoms with van der Waals surface area (Å²) in [5, 5.41) is 3.51. The molecule has 1 aromatic carbocycles. The summed E-state index contributed by atoms with van der Waals surface area (Å²) in [4.78, 5) is 10.6. The molecule has 2 rings (SSSR count). The Morgan fingerprint density at radius 3 is 2.83 bits per heavy atom. The third-order valence-corrected chi connectivity index (χ3v) is 3.43. The normalized spacial score (nSPS) is 11.2. The second-order valence-electron chi connectivity index (χ2n) is 5.06. The van der Waals surface area contributed by atoms with Crippen LogP contribution in [0.5, 0.6) is 5.75 Å². The van der Waals surface area contributed by atoms with Gasteiger partial charge < -0.3 is 20.7 Å². The molecule has 0 saturated heterocycles. The Hall–Kier alpha value is -2.47. The topological polar surface area (TPSA) is 75.8 Å². The van der Waals surface area contributed by atoms with Crippen LogP contribution in [0.3, 0.4) is 0 Å². The molecule has 3 N–H and O–H groups in total. The number of pyridine rings is 1. The number of ether oxygens (including phenoxy) is 1. The second kappa shape index (κ2) is 7.69. The van der Waals surface area contributed by atoms with Gasteiger partial charge in [-0.3, -0.25) is 0 Å². The summed E-state index contributed by atoms with van der Waals surface area (Å²) in [6.45, 7) is 0.435. The first kappa shape index (κ1) is 16.9. The fraction of sp³-hybridized carbons (Fsp3) is 0.250. The number of anilines is 2. The lowest BCUT2D eigenvalue weighted by molar-refractivity contribution is 0.415. The number of aromatic nitrogens is 1. The fourth-order valence-electron chi connectivity index (χ4n) is 2.06. The lowest BCUT2D eigenvalue weighted by Crippen LogP contribution is -2.23. The standard InChI is InChI=1S/C16H20ClN5O/c1-22(2)15-11(5-4-8-19-15)10-20-16(18)21-12-6-7-14(23-3)13(17)9-12/h4-9H,10H2,1-3H3,(H3,18,20,21). The van der Waals surface area contributed by atoms with Crippen molar-refractivity contribution in [3.05, 3.63) is 47.1 Å². The van der Waals surface area contributed by atoms with Crippen LogP contribution in [-0.2, 0) is 6.54 Å². The van der Waals surface area contributed by atoms with Crippen molar-refractivity contribution >= 4 is 29.1 Å². The number of rotatable bonds is 5. The third kappa shape index (κ3) is 4.50. The number of benzene rings is 1. The summed E-state index contributed by atoms with van der Waals surface area (Å²) in [5.74, 6) is 1.79. The van der Waals surface area contributed by atoms with Crippen LogP contribution in [0.2, 0.25) is 5.02 Å². The van der Waals surface area contributed by atoms with E-state index in [2.05, 4.69) is 15.3 Å². The van der Waals surface area contributed by atoms with Crippen molar-refractivity contribution in [3.63, 3.8) is 0 Å².